The summed E-state index contributed by atoms with van der Waals surface area (Å²) in [6.45, 7) is 0. The Hall–Kier alpha value is -2.13. The fraction of sp³-hybridized carbons (Fsp3) is 0.0625. The molecule has 0 fully saturated rings. The third kappa shape index (κ3) is 2.10. The normalized spacial score (nSPS) is 10.9. The van der Waals surface area contributed by atoms with Crippen LogP contribution in [0, 0.1) is 5.82 Å². The molecule has 3 aromatic rings. The van der Waals surface area contributed by atoms with Crippen LogP contribution in [0.3, 0.4) is 0 Å². The summed E-state index contributed by atoms with van der Waals surface area (Å²) < 4.78 is 15.0. The van der Waals surface area contributed by atoms with Gasteiger partial charge in [0.2, 0.25) is 5.78 Å². The molecule has 0 radical (unpaired) electrons. The van der Waals surface area contributed by atoms with E-state index in [4.69, 9.17) is 11.6 Å². The molecule has 1 heterocycles. The molecular formula is C16H11ClFNO. The second-order valence-corrected chi connectivity index (χ2v) is 5.06. The van der Waals surface area contributed by atoms with E-state index in [0.717, 1.165) is 5.39 Å². The molecule has 0 N–H and O–H groups in total. The van der Waals surface area contributed by atoms with Gasteiger partial charge in [0.1, 0.15) is 5.82 Å². The molecule has 0 aliphatic rings. The first-order chi connectivity index (χ1) is 9.56. The maximum absolute atomic E-state index is 13.3. The highest BCUT2D eigenvalue weighted by Gasteiger charge is 2.15. The highest BCUT2D eigenvalue weighted by Crippen LogP contribution is 2.22. The van der Waals surface area contributed by atoms with Crippen molar-refractivity contribution in [3.05, 3.63) is 70.6 Å². The Morgan fingerprint density at radius 2 is 1.80 bits per heavy atom. The molecule has 2 nitrogen and oxygen atoms in total. The Morgan fingerprint density at radius 1 is 1.10 bits per heavy atom. The summed E-state index contributed by atoms with van der Waals surface area (Å²) in [6, 6.07) is 13.0. The predicted molar refractivity (Wildman–Crippen MR) is 77.8 cm³/mol. The number of carbonyl (C=O) groups excluding carboxylic acids is 1. The van der Waals surface area contributed by atoms with E-state index in [1.165, 1.54) is 12.1 Å². The molecule has 0 saturated carbocycles. The zero-order valence-electron chi connectivity index (χ0n) is 10.7. The lowest BCUT2D eigenvalue weighted by atomic mass is 10.1. The van der Waals surface area contributed by atoms with Crippen LogP contribution in [-0.4, -0.2) is 10.4 Å². The summed E-state index contributed by atoms with van der Waals surface area (Å²) in [6.07, 6.45) is 0. The van der Waals surface area contributed by atoms with Gasteiger partial charge >= 0.3 is 0 Å². The molecule has 0 saturated heterocycles. The number of nitrogens with zero attached hydrogens (tertiary/aromatic N) is 1. The van der Waals surface area contributed by atoms with Crippen molar-refractivity contribution in [1.29, 1.82) is 0 Å². The van der Waals surface area contributed by atoms with Crippen molar-refractivity contribution >= 4 is 28.3 Å². The second-order valence-electron chi connectivity index (χ2n) is 4.63. The fourth-order valence-corrected chi connectivity index (χ4v) is 2.40. The Labute approximate surface area is 120 Å². The quantitative estimate of drug-likeness (QED) is 0.647. The zero-order valence-corrected chi connectivity index (χ0v) is 11.5. The van der Waals surface area contributed by atoms with Gasteiger partial charge < -0.3 is 4.57 Å². The van der Waals surface area contributed by atoms with Gasteiger partial charge in [-0.3, -0.25) is 4.79 Å². The number of hydrogen-bond donors (Lipinski definition) is 0. The van der Waals surface area contributed by atoms with E-state index >= 15 is 0 Å². The topological polar surface area (TPSA) is 22.0 Å². The van der Waals surface area contributed by atoms with Gasteiger partial charge in [0, 0.05) is 23.0 Å². The van der Waals surface area contributed by atoms with Crippen LogP contribution in [0.4, 0.5) is 4.39 Å². The average Bonchev–Trinajstić information content (AvgIpc) is 2.76. The first-order valence-electron chi connectivity index (χ1n) is 6.11. The summed E-state index contributed by atoms with van der Waals surface area (Å²) in [5, 5.41) is 1.42. The number of benzene rings is 2. The van der Waals surface area contributed by atoms with Gasteiger partial charge in [-0.05, 0) is 48.5 Å². The average molecular weight is 288 g/mol. The molecule has 100 valence electrons. The summed E-state index contributed by atoms with van der Waals surface area (Å²) in [4.78, 5) is 12.5. The largest absolute Gasteiger partial charge is 0.341 e. The van der Waals surface area contributed by atoms with E-state index < -0.39 is 0 Å². The molecule has 0 aliphatic heterocycles. The van der Waals surface area contributed by atoms with Gasteiger partial charge in [-0.25, -0.2) is 4.39 Å². The first kappa shape index (κ1) is 12.9. The third-order valence-corrected chi connectivity index (χ3v) is 3.60. The van der Waals surface area contributed by atoms with Crippen LogP contribution in [0.5, 0.6) is 0 Å². The molecule has 0 atom stereocenters. The molecule has 0 bridgehead atoms. The Bertz CT molecular complexity index is 805. The van der Waals surface area contributed by atoms with Crippen molar-refractivity contribution in [2.45, 2.75) is 0 Å². The SMILES string of the molecule is Cn1c(C(=O)c2ccc(Cl)cc2)cc2ccc(F)cc21. The highest BCUT2D eigenvalue weighted by molar-refractivity contribution is 6.30. The molecule has 4 heteroatoms. The fourth-order valence-electron chi connectivity index (χ4n) is 2.27. The van der Waals surface area contributed by atoms with Crippen molar-refractivity contribution < 1.29 is 9.18 Å². The van der Waals surface area contributed by atoms with Crippen LogP contribution >= 0.6 is 11.6 Å². The maximum atomic E-state index is 13.3. The third-order valence-electron chi connectivity index (χ3n) is 3.35. The van der Waals surface area contributed by atoms with Crippen molar-refractivity contribution in [1.82, 2.24) is 4.57 Å². The van der Waals surface area contributed by atoms with Crippen molar-refractivity contribution in [3.63, 3.8) is 0 Å². The van der Waals surface area contributed by atoms with Gasteiger partial charge in [-0.1, -0.05) is 11.6 Å². The van der Waals surface area contributed by atoms with E-state index in [1.807, 2.05) is 0 Å². The number of halogens is 2. The van der Waals surface area contributed by atoms with Gasteiger partial charge in [0.25, 0.3) is 0 Å². The van der Waals surface area contributed by atoms with Crippen LogP contribution in [-0.2, 0) is 7.05 Å². The smallest absolute Gasteiger partial charge is 0.209 e. The van der Waals surface area contributed by atoms with Gasteiger partial charge in [0.15, 0.2) is 0 Å². The highest BCUT2D eigenvalue weighted by atomic mass is 35.5. The molecule has 0 unspecified atom stereocenters. The van der Waals surface area contributed by atoms with Gasteiger partial charge in [-0.2, -0.15) is 0 Å². The Balaban J connectivity index is 2.12. The van der Waals surface area contributed by atoms with Crippen LogP contribution in [0.25, 0.3) is 10.9 Å². The maximum Gasteiger partial charge on any atom is 0.209 e. The van der Waals surface area contributed by atoms with Crippen molar-refractivity contribution in [3.8, 4) is 0 Å². The minimum atomic E-state index is -0.316. The molecular weight excluding hydrogens is 277 g/mol. The Morgan fingerprint density at radius 3 is 2.50 bits per heavy atom. The summed E-state index contributed by atoms with van der Waals surface area (Å²) >= 11 is 5.82. The lowest BCUT2D eigenvalue weighted by molar-refractivity contribution is 0.103. The molecule has 0 spiro atoms. The van der Waals surface area contributed by atoms with E-state index in [1.54, 1.807) is 48.0 Å². The number of carbonyl (C=O) groups is 1. The zero-order chi connectivity index (χ0) is 14.3. The number of aryl methyl sites for hydroxylation is 1. The number of rotatable bonds is 2. The second kappa shape index (κ2) is 4.76. The number of fused-ring (bicyclic) bond motifs is 1. The van der Waals surface area contributed by atoms with Crippen LogP contribution in [0.15, 0.2) is 48.5 Å². The number of hydrogen-bond acceptors (Lipinski definition) is 1. The summed E-state index contributed by atoms with van der Waals surface area (Å²) in [7, 11) is 1.75. The predicted octanol–water partition coefficient (Wildman–Crippen LogP) is 4.20. The minimum absolute atomic E-state index is 0.110. The first-order valence-corrected chi connectivity index (χ1v) is 6.49. The molecule has 1 aromatic heterocycles. The van der Waals surface area contributed by atoms with E-state index in [-0.39, 0.29) is 11.6 Å². The van der Waals surface area contributed by atoms with Crippen molar-refractivity contribution in [2.75, 3.05) is 0 Å². The van der Waals surface area contributed by atoms with Crippen molar-refractivity contribution in [2.24, 2.45) is 7.05 Å². The lowest BCUT2D eigenvalue weighted by Crippen LogP contribution is -2.06. The van der Waals surface area contributed by atoms with Crippen LogP contribution in [0.2, 0.25) is 5.02 Å². The molecule has 20 heavy (non-hydrogen) atoms. The van der Waals surface area contributed by atoms with E-state index in [2.05, 4.69) is 0 Å². The number of aromatic nitrogens is 1. The monoisotopic (exact) mass is 287 g/mol. The minimum Gasteiger partial charge on any atom is -0.341 e. The molecule has 2 aromatic carbocycles. The molecule has 3 rings (SSSR count). The Kier molecular flexibility index (Phi) is 3.07. The standard InChI is InChI=1S/C16H11ClFNO/c1-19-14-9-13(18)7-4-11(14)8-15(19)16(20)10-2-5-12(17)6-3-10/h2-9H,1H3. The number of ketones is 1. The molecule has 0 amide bonds. The van der Waals surface area contributed by atoms with E-state index in [0.29, 0.717) is 21.8 Å². The van der Waals surface area contributed by atoms with E-state index in [9.17, 15) is 9.18 Å². The molecule has 0 aliphatic carbocycles. The van der Waals surface area contributed by atoms with Gasteiger partial charge in [-0.15, -0.1) is 0 Å². The summed E-state index contributed by atoms with van der Waals surface area (Å²) in [5.74, 6) is -0.426. The summed E-state index contributed by atoms with van der Waals surface area (Å²) in [5.41, 5.74) is 1.77. The van der Waals surface area contributed by atoms with Gasteiger partial charge in [0.05, 0.1) is 11.2 Å². The van der Waals surface area contributed by atoms with Crippen LogP contribution < -0.4 is 0 Å². The van der Waals surface area contributed by atoms with Crippen LogP contribution in [0.1, 0.15) is 16.1 Å². The lowest BCUT2D eigenvalue weighted by Gasteiger charge is -2.04.